The zero-order valence-corrected chi connectivity index (χ0v) is 9.99. The van der Waals surface area contributed by atoms with E-state index >= 15 is 0 Å². The Morgan fingerprint density at radius 2 is 2.28 bits per heavy atom. The third kappa shape index (κ3) is 2.48. The van der Waals surface area contributed by atoms with E-state index in [1.807, 2.05) is 11.4 Å². The van der Waals surface area contributed by atoms with Crippen molar-refractivity contribution in [3.8, 4) is 6.07 Å². The third-order valence-corrected chi connectivity index (χ3v) is 3.95. The van der Waals surface area contributed by atoms with Crippen molar-refractivity contribution >= 4 is 17.2 Å². The number of amides is 1. The van der Waals surface area contributed by atoms with E-state index in [0.717, 1.165) is 10.4 Å². The molecule has 1 amide bonds. The second kappa shape index (κ2) is 4.61. The number of hydrogen-bond acceptors (Lipinski definition) is 3. The Kier molecular flexibility index (Phi) is 3.30. The first-order valence-corrected chi connectivity index (χ1v) is 6.17. The molecule has 0 radical (unpaired) electrons. The summed E-state index contributed by atoms with van der Waals surface area (Å²) < 4.78 is 36.4. The number of thiophene rings is 1. The fourth-order valence-corrected chi connectivity index (χ4v) is 3.02. The summed E-state index contributed by atoms with van der Waals surface area (Å²) >= 11 is 1.45. The van der Waals surface area contributed by atoms with Crippen LogP contribution in [0.5, 0.6) is 0 Å². The molecule has 0 fully saturated rings. The van der Waals surface area contributed by atoms with Gasteiger partial charge in [-0.3, -0.25) is 4.79 Å². The lowest BCUT2D eigenvalue weighted by molar-refractivity contribution is -0.174. The molecule has 3 nitrogen and oxygen atoms in total. The number of nitriles is 1. The van der Waals surface area contributed by atoms with Crippen molar-refractivity contribution in [1.82, 2.24) is 5.32 Å². The maximum atomic E-state index is 12.1. The van der Waals surface area contributed by atoms with Gasteiger partial charge in [0.05, 0.1) is 5.56 Å². The highest BCUT2D eigenvalue weighted by Crippen LogP contribution is 2.30. The molecule has 1 aliphatic rings. The van der Waals surface area contributed by atoms with E-state index in [2.05, 4.69) is 0 Å². The fraction of sp³-hybridized carbons (Fsp3) is 0.455. The smallest absolute Gasteiger partial charge is 0.345 e. The fourth-order valence-electron chi connectivity index (χ4n) is 1.99. The molecule has 1 aromatic heterocycles. The summed E-state index contributed by atoms with van der Waals surface area (Å²) in [6.07, 6.45) is -3.48. The normalized spacial score (nSPS) is 18.9. The molecule has 18 heavy (non-hydrogen) atoms. The van der Waals surface area contributed by atoms with Crippen molar-refractivity contribution in [2.24, 2.45) is 0 Å². The first-order chi connectivity index (χ1) is 8.41. The number of rotatable bonds is 1. The van der Waals surface area contributed by atoms with Crippen molar-refractivity contribution in [3.63, 3.8) is 0 Å². The maximum Gasteiger partial charge on any atom is 0.471 e. The van der Waals surface area contributed by atoms with Gasteiger partial charge < -0.3 is 5.32 Å². The monoisotopic (exact) mass is 274 g/mol. The summed E-state index contributed by atoms with van der Waals surface area (Å²) in [5.41, 5.74) is 1.28. The summed E-state index contributed by atoms with van der Waals surface area (Å²) in [4.78, 5) is 11.9. The molecule has 96 valence electrons. The summed E-state index contributed by atoms with van der Waals surface area (Å²) in [6, 6.07) is 1.47. The van der Waals surface area contributed by atoms with Crippen LogP contribution in [-0.4, -0.2) is 18.1 Å². The average molecular weight is 274 g/mol. The van der Waals surface area contributed by atoms with Gasteiger partial charge in [0, 0.05) is 16.3 Å². The van der Waals surface area contributed by atoms with Crippen molar-refractivity contribution in [2.75, 3.05) is 0 Å². The van der Waals surface area contributed by atoms with Crippen molar-refractivity contribution < 1.29 is 18.0 Å². The summed E-state index contributed by atoms with van der Waals surface area (Å²) in [5, 5.41) is 12.5. The minimum Gasteiger partial charge on any atom is -0.345 e. The molecule has 0 saturated carbocycles. The van der Waals surface area contributed by atoms with Gasteiger partial charge in [-0.15, -0.1) is 11.3 Å². The van der Waals surface area contributed by atoms with Crippen molar-refractivity contribution in [2.45, 2.75) is 31.5 Å². The highest BCUT2D eigenvalue weighted by molar-refractivity contribution is 7.10. The van der Waals surface area contributed by atoms with Gasteiger partial charge in [0.2, 0.25) is 0 Å². The number of carbonyl (C=O) groups excluding carboxylic acids is 1. The van der Waals surface area contributed by atoms with Gasteiger partial charge in [-0.25, -0.2) is 0 Å². The van der Waals surface area contributed by atoms with Crippen molar-refractivity contribution in [1.29, 1.82) is 5.26 Å². The number of halogens is 3. The average Bonchev–Trinajstić information content (AvgIpc) is 2.70. The number of alkyl halides is 3. The van der Waals surface area contributed by atoms with E-state index < -0.39 is 18.1 Å². The highest BCUT2D eigenvalue weighted by atomic mass is 32.1. The van der Waals surface area contributed by atoms with E-state index in [-0.39, 0.29) is 0 Å². The van der Waals surface area contributed by atoms with Crippen LogP contribution in [-0.2, 0) is 17.6 Å². The molecule has 1 atom stereocenters. The van der Waals surface area contributed by atoms with Crippen LogP contribution in [0.3, 0.4) is 0 Å². The molecule has 1 N–H and O–H groups in total. The Morgan fingerprint density at radius 3 is 2.89 bits per heavy atom. The van der Waals surface area contributed by atoms with Gasteiger partial charge in [-0.05, 0) is 24.8 Å². The molecule has 0 aliphatic heterocycles. The number of hydrogen-bond donors (Lipinski definition) is 1. The first kappa shape index (κ1) is 12.9. The molecular formula is C11H9F3N2OS. The van der Waals surface area contributed by atoms with Crippen LogP contribution in [0.15, 0.2) is 5.38 Å². The molecule has 1 heterocycles. The largest absolute Gasteiger partial charge is 0.471 e. The van der Waals surface area contributed by atoms with Crippen LogP contribution in [0.4, 0.5) is 13.2 Å². The molecule has 0 aromatic carbocycles. The SMILES string of the molecule is N#Cc1csc2c1CC(NC(=O)C(F)(F)F)CC2. The van der Waals surface area contributed by atoms with Crippen LogP contribution in [0.1, 0.15) is 22.4 Å². The molecule has 1 aromatic rings. The number of nitrogens with zero attached hydrogens (tertiary/aromatic N) is 1. The van der Waals surface area contributed by atoms with Crippen LogP contribution in [0.2, 0.25) is 0 Å². The van der Waals surface area contributed by atoms with E-state index in [9.17, 15) is 18.0 Å². The van der Waals surface area contributed by atoms with Gasteiger partial charge in [-0.1, -0.05) is 0 Å². The van der Waals surface area contributed by atoms with Gasteiger partial charge in [0.25, 0.3) is 0 Å². The lowest BCUT2D eigenvalue weighted by Crippen LogP contribution is -2.45. The number of aryl methyl sites for hydroxylation is 1. The van der Waals surface area contributed by atoms with E-state index in [1.165, 1.54) is 11.3 Å². The Hall–Kier alpha value is -1.55. The minimum atomic E-state index is -4.85. The predicted octanol–water partition coefficient (Wildman–Crippen LogP) is 2.16. The zero-order chi connectivity index (χ0) is 13.3. The third-order valence-electron chi connectivity index (χ3n) is 2.86. The summed E-state index contributed by atoms with van der Waals surface area (Å²) in [6.45, 7) is 0. The Bertz CT molecular complexity index is 515. The Morgan fingerprint density at radius 1 is 1.56 bits per heavy atom. The second-order valence-corrected chi connectivity index (χ2v) is 5.04. The lowest BCUT2D eigenvalue weighted by atomic mass is 9.92. The number of fused-ring (bicyclic) bond motifs is 1. The van der Waals surface area contributed by atoms with E-state index in [1.54, 1.807) is 5.38 Å². The predicted molar refractivity (Wildman–Crippen MR) is 59.0 cm³/mol. The Balaban J connectivity index is 2.08. The highest BCUT2D eigenvalue weighted by Gasteiger charge is 2.40. The van der Waals surface area contributed by atoms with Crippen molar-refractivity contribution in [3.05, 3.63) is 21.4 Å². The second-order valence-electron chi connectivity index (χ2n) is 4.07. The number of carbonyl (C=O) groups is 1. The topological polar surface area (TPSA) is 52.9 Å². The maximum absolute atomic E-state index is 12.1. The van der Waals surface area contributed by atoms with Crippen LogP contribution >= 0.6 is 11.3 Å². The van der Waals surface area contributed by atoms with Crippen LogP contribution in [0.25, 0.3) is 0 Å². The van der Waals surface area contributed by atoms with E-state index in [0.29, 0.717) is 24.8 Å². The molecule has 1 unspecified atom stereocenters. The lowest BCUT2D eigenvalue weighted by Gasteiger charge is -2.24. The molecule has 0 saturated heterocycles. The molecular weight excluding hydrogens is 265 g/mol. The van der Waals surface area contributed by atoms with Gasteiger partial charge in [0.1, 0.15) is 6.07 Å². The molecule has 0 spiro atoms. The molecule has 7 heteroatoms. The van der Waals surface area contributed by atoms with Gasteiger partial charge >= 0.3 is 12.1 Å². The van der Waals surface area contributed by atoms with Crippen LogP contribution in [0, 0.1) is 11.3 Å². The summed E-state index contributed by atoms with van der Waals surface area (Å²) in [7, 11) is 0. The zero-order valence-electron chi connectivity index (χ0n) is 9.17. The molecule has 2 rings (SSSR count). The molecule has 1 aliphatic carbocycles. The summed E-state index contributed by atoms with van der Waals surface area (Å²) in [5.74, 6) is -1.91. The van der Waals surface area contributed by atoms with Gasteiger partial charge in [0.15, 0.2) is 0 Å². The van der Waals surface area contributed by atoms with Crippen LogP contribution < -0.4 is 5.32 Å². The quantitative estimate of drug-likeness (QED) is 0.853. The molecule has 0 bridgehead atoms. The minimum absolute atomic E-state index is 0.295. The standard InChI is InChI=1S/C11H9F3N2OS/c12-11(13,14)10(17)16-7-1-2-9-8(3-7)6(4-15)5-18-9/h5,7H,1-3H2,(H,16,17). The van der Waals surface area contributed by atoms with Gasteiger partial charge in [-0.2, -0.15) is 18.4 Å². The Labute approximate surface area is 105 Å². The first-order valence-electron chi connectivity index (χ1n) is 5.29. The number of nitrogens with one attached hydrogen (secondary N) is 1. The van der Waals surface area contributed by atoms with E-state index in [4.69, 9.17) is 5.26 Å².